The van der Waals surface area contributed by atoms with Gasteiger partial charge in [0.05, 0.1) is 12.0 Å². The lowest BCUT2D eigenvalue weighted by Gasteiger charge is -2.11. The fraction of sp³-hybridized carbons (Fsp3) is 0. The maximum absolute atomic E-state index is 12.0. The molecule has 1 heterocycles. The van der Waals surface area contributed by atoms with E-state index in [0.717, 1.165) is 0 Å². The summed E-state index contributed by atoms with van der Waals surface area (Å²) in [6.45, 7) is 0. The molecule has 4 heteroatoms. The number of ether oxygens (including phenoxy) is 1. The first-order chi connectivity index (χ1) is 11.3. The van der Waals surface area contributed by atoms with Crippen LogP contribution in [0, 0.1) is 0 Å². The van der Waals surface area contributed by atoms with Crippen molar-refractivity contribution >= 4 is 17.7 Å². The third kappa shape index (κ3) is 4.11. The minimum Gasteiger partial charge on any atom is -0.465 e. The lowest BCUT2D eigenvalue weighted by molar-refractivity contribution is -0.111. The molecule has 4 nitrogen and oxygen atoms in total. The number of benzene rings is 2. The van der Waals surface area contributed by atoms with E-state index < -0.39 is 0 Å². The molecule has 0 bridgehead atoms. The van der Waals surface area contributed by atoms with Crippen molar-refractivity contribution in [3.63, 3.8) is 0 Å². The topological polar surface area (TPSA) is 51.5 Å². The molecule has 0 radical (unpaired) electrons. The number of rotatable bonds is 5. The fourth-order valence-electron chi connectivity index (χ4n) is 1.99. The molecule has 0 saturated carbocycles. The first kappa shape index (κ1) is 14.7. The summed E-state index contributed by atoms with van der Waals surface area (Å²) >= 11 is 0. The van der Waals surface area contributed by atoms with E-state index in [4.69, 9.17) is 9.15 Å². The van der Waals surface area contributed by atoms with Gasteiger partial charge in [-0.1, -0.05) is 30.3 Å². The molecule has 23 heavy (non-hydrogen) atoms. The molecule has 2 aromatic carbocycles. The standard InChI is InChI=1S/C19H15NO3/c21-19(13-12-15-9-6-14-22-15)20-17-10-4-5-11-18(17)23-16-7-2-1-3-8-16/h1-14H,(H,20,21). The molecule has 0 spiro atoms. The maximum Gasteiger partial charge on any atom is 0.248 e. The van der Waals surface area contributed by atoms with Gasteiger partial charge in [0.2, 0.25) is 5.91 Å². The average molecular weight is 305 g/mol. The van der Waals surface area contributed by atoms with Crippen molar-refractivity contribution in [1.82, 2.24) is 0 Å². The molecule has 0 saturated heterocycles. The predicted octanol–water partition coefficient (Wildman–Crippen LogP) is 4.72. The Hall–Kier alpha value is -3.27. The van der Waals surface area contributed by atoms with E-state index in [0.29, 0.717) is 22.9 Å². The summed E-state index contributed by atoms with van der Waals surface area (Å²) < 4.78 is 10.9. The quantitative estimate of drug-likeness (QED) is 0.694. The molecule has 3 aromatic rings. The lowest BCUT2D eigenvalue weighted by atomic mass is 10.2. The highest BCUT2D eigenvalue weighted by molar-refractivity contribution is 6.02. The number of carbonyl (C=O) groups is 1. The number of amides is 1. The number of para-hydroxylation sites is 3. The van der Waals surface area contributed by atoms with Gasteiger partial charge in [0.15, 0.2) is 5.75 Å². The molecule has 0 aliphatic heterocycles. The van der Waals surface area contributed by atoms with Crippen molar-refractivity contribution in [2.45, 2.75) is 0 Å². The Morgan fingerprint density at radius 3 is 2.52 bits per heavy atom. The van der Waals surface area contributed by atoms with Crippen LogP contribution < -0.4 is 10.1 Å². The Bertz CT molecular complexity index is 793. The van der Waals surface area contributed by atoms with Gasteiger partial charge in [-0.25, -0.2) is 0 Å². The molecule has 0 aliphatic carbocycles. The van der Waals surface area contributed by atoms with Gasteiger partial charge in [-0.05, 0) is 42.5 Å². The Morgan fingerprint density at radius 2 is 1.74 bits per heavy atom. The zero-order chi connectivity index (χ0) is 15.9. The molecular weight excluding hydrogens is 290 g/mol. The van der Waals surface area contributed by atoms with Crippen LogP contribution in [0.5, 0.6) is 11.5 Å². The first-order valence-electron chi connectivity index (χ1n) is 7.16. The van der Waals surface area contributed by atoms with Crippen molar-refractivity contribution in [3.05, 3.63) is 84.8 Å². The minimum atomic E-state index is -0.259. The van der Waals surface area contributed by atoms with Gasteiger partial charge in [-0.15, -0.1) is 0 Å². The zero-order valence-corrected chi connectivity index (χ0v) is 12.3. The van der Waals surface area contributed by atoms with E-state index in [9.17, 15) is 4.79 Å². The molecule has 1 amide bonds. The van der Waals surface area contributed by atoms with E-state index in [1.165, 1.54) is 6.08 Å². The van der Waals surface area contributed by atoms with Crippen LogP contribution in [0.25, 0.3) is 6.08 Å². The fourth-order valence-corrected chi connectivity index (χ4v) is 1.99. The predicted molar refractivity (Wildman–Crippen MR) is 89.3 cm³/mol. The number of carbonyl (C=O) groups excluding carboxylic acids is 1. The molecule has 0 atom stereocenters. The van der Waals surface area contributed by atoms with Crippen LogP contribution in [-0.4, -0.2) is 5.91 Å². The highest BCUT2D eigenvalue weighted by Crippen LogP contribution is 2.29. The van der Waals surface area contributed by atoms with Gasteiger partial charge >= 0.3 is 0 Å². The lowest BCUT2D eigenvalue weighted by Crippen LogP contribution is -2.08. The molecule has 0 fully saturated rings. The molecule has 1 aromatic heterocycles. The van der Waals surface area contributed by atoms with E-state index in [1.807, 2.05) is 42.5 Å². The number of hydrogen-bond donors (Lipinski definition) is 1. The van der Waals surface area contributed by atoms with Gasteiger partial charge in [-0.3, -0.25) is 4.79 Å². The Balaban J connectivity index is 1.71. The van der Waals surface area contributed by atoms with E-state index >= 15 is 0 Å². The van der Waals surface area contributed by atoms with Crippen molar-refractivity contribution in [2.24, 2.45) is 0 Å². The second-order valence-corrected chi connectivity index (χ2v) is 4.75. The number of hydrogen-bond acceptors (Lipinski definition) is 3. The van der Waals surface area contributed by atoms with E-state index in [1.54, 1.807) is 36.6 Å². The first-order valence-corrected chi connectivity index (χ1v) is 7.16. The summed E-state index contributed by atoms with van der Waals surface area (Å²) in [5.41, 5.74) is 0.602. The molecule has 1 N–H and O–H groups in total. The normalized spacial score (nSPS) is 10.6. The summed E-state index contributed by atoms with van der Waals surface area (Å²) in [5.74, 6) is 1.65. The SMILES string of the molecule is O=C(C=Cc1ccco1)Nc1ccccc1Oc1ccccc1. The maximum atomic E-state index is 12.0. The molecule has 114 valence electrons. The third-order valence-corrected chi connectivity index (χ3v) is 3.06. The van der Waals surface area contributed by atoms with Crippen LogP contribution in [0.15, 0.2) is 83.5 Å². The summed E-state index contributed by atoms with van der Waals surface area (Å²) in [4.78, 5) is 12.0. The van der Waals surface area contributed by atoms with Crippen molar-refractivity contribution in [3.8, 4) is 11.5 Å². The highest BCUT2D eigenvalue weighted by Gasteiger charge is 2.06. The Morgan fingerprint density at radius 1 is 0.957 bits per heavy atom. The zero-order valence-electron chi connectivity index (χ0n) is 12.3. The van der Waals surface area contributed by atoms with E-state index in [2.05, 4.69) is 5.32 Å². The second kappa shape index (κ2) is 7.13. The van der Waals surface area contributed by atoms with Crippen LogP contribution in [0.1, 0.15) is 5.76 Å². The smallest absolute Gasteiger partial charge is 0.248 e. The van der Waals surface area contributed by atoms with Crippen molar-refractivity contribution < 1.29 is 13.9 Å². The molecular formula is C19H15NO3. The Kier molecular flexibility index (Phi) is 4.55. The summed E-state index contributed by atoms with van der Waals surface area (Å²) in [6.07, 6.45) is 4.58. The van der Waals surface area contributed by atoms with Crippen LogP contribution in [0.3, 0.4) is 0 Å². The van der Waals surface area contributed by atoms with Gasteiger partial charge < -0.3 is 14.5 Å². The monoisotopic (exact) mass is 305 g/mol. The molecule has 0 unspecified atom stereocenters. The van der Waals surface area contributed by atoms with Gasteiger partial charge in [0.1, 0.15) is 11.5 Å². The third-order valence-electron chi connectivity index (χ3n) is 3.06. The van der Waals surface area contributed by atoms with Gasteiger partial charge in [0, 0.05) is 6.08 Å². The minimum absolute atomic E-state index is 0.259. The van der Waals surface area contributed by atoms with Crippen molar-refractivity contribution in [1.29, 1.82) is 0 Å². The number of anilines is 1. The number of nitrogens with one attached hydrogen (secondary N) is 1. The highest BCUT2D eigenvalue weighted by atomic mass is 16.5. The van der Waals surface area contributed by atoms with Crippen LogP contribution in [0.4, 0.5) is 5.69 Å². The van der Waals surface area contributed by atoms with Gasteiger partial charge in [0.25, 0.3) is 0 Å². The largest absolute Gasteiger partial charge is 0.465 e. The summed E-state index contributed by atoms with van der Waals surface area (Å²) in [5, 5.41) is 2.80. The Labute approximate surface area is 134 Å². The summed E-state index contributed by atoms with van der Waals surface area (Å²) in [6, 6.07) is 20.2. The van der Waals surface area contributed by atoms with Gasteiger partial charge in [-0.2, -0.15) is 0 Å². The van der Waals surface area contributed by atoms with Crippen LogP contribution in [0.2, 0.25) is 0 Å². The van der Waals surface area contributed by atoms with Crippen LogP contribution in [-0.2, 0) is 4.79 Å². The molecule has 3 rings (SSSR count). The molecule has 0 aliphatic rings. The second-order valence-electron chi connectivity index (χ2n) is 4.75. The van der Waals surface area contributed by atoms with Crippen LogP contribution >= 0.6 is 0 Å². The van der Waals surface area contributed by atoms with Crippen molar-refractivity contribution in [2.75, 3.05) is 5.32 Å². The average Bonchev–Trinajstić information content (AvgIpc) is 3.09. The van der Waals surface area contributed by atoms with E-state index in [-0.39, 0.29) is 5.91 Å². The number of furan rings is 1. The summed E-state index contributed by atoms with van der Waals surface area (Å²) in [7, 11) is 0.